The van der Waals surface area contributed by atoms with E-state index in [-0.39, 0.29) is 5.69 Å². The molecule has 21 heavy (non-hydrogen) atoms. The van der Waals surface area contributed by atoms with E-state index in [9.17, 15) is 9.90 Å². The van der Waals surface area contributed by atoms with Crippen LogP contribution in [0.1, 0.15) is 21.6 Å². The molecule has 0 bridgehead atoms. The van der Waals surface area contributed by atoms with E-state index in [1.165, 1.54) is 5.56 Å². The number of carboxylic acids is 1. The van der Waals surface area contributed by atoms with Gasteiger partial charge in [0.05, 0.1) is 5.52 Å². The molecule has 1 N–H and O–H groups in total. The molecule has 0 spiro atoms. The largest absolute Gasteiger partial charge is 0.477 e. The molecule has 0 fully saturated rings. The summed E-state index contributed by atoms with van der Waals surface area (Å²) in [5.41, 5.74) is 3.12. The van der Waals surface area contributed by atoms with Gasteiger partial charge in [-0.1, -0.05) is 48.5 Å². The summed E-state index contributed by atoms with van der Waals surface area (Å²) in [4.78, 5) is 15.4. The number of hydrogen-bond acceptors (Lipinski definition) is 2. The molecule has 0 amide bonds. The summed E-state index contributed by atoms with van der Waals surface area (Å²) in [7, 11) is 0. The number of rotatable bonds is 4. The van der Waals surface area contributed by atoms with Crippen molar-refractivity contribution in [3.8, 4) is 0 Å². The lowest BCUT2D eigenvalue weighted by atomic mass is 10.00. The first kappa shape index (κ1) is 13.3. The lowest BCUT2D eigenvalue weighted by molar-refractivity contribution is 0.0691. The van der Waals surface area contributed by atoms with Gasteiger partial charge in [0.25, 0.3) is 0 Å². The quantitative estimate of drug-likeness (QED) is 0.790. The van der Waals surface area contributed by atoms with E-state index in [0.717, 1.165) is 29.3 Å². The third-order valence-electron chi connectivity index (χ3n) is 3.55. The minimum atomic E-state index is -0.985. The fourth-order valence-corrected chi connectivity index (χ4v) is 2.49. The van der Waals surface area contributed by atoms with Gasteiger partial charge in [0.15, 0.2) is 0 Å². The molecule has 104 valence electrons. The van der Waals surface area contributed by atoms with Crippen LogP contribution in [-0.2, 0) is 12.8 Å². The molecule has 1 aromatic heterocycles. The van der Waals surface area contributed by atoms with Crippen molar-refractivity contribution in [2.24, 2.45) is 0 Å². The molecular weight excluding hydrogens is 262 g/mol. The zero-order valence-electron chi connectivity index (χ0n) is 11.5. The van der Waals surface area contributed by atoms with Crippen molar-refractivity contribution in [2.75, 3.05) is 0 Å². The van der Waals surface area contributed by atoms with Crippen LogP contribution < -0.4 is 0 Å². The smallest absolute Gasteiger partial charge is 0.354 e. The molecule has 3 aromatic rings. The number of hydrogen-bond donors (Lipinski definition) is 1. The van der Waals surface area contributed by atoms with Crippen molar-refractivity contribution < 1.29 is 9.90 Å². The van der Waals surface area contributed by atoms with Gasteiger partial charge in [-0.3, -0.25) is 0 Å². The van der Waals surface area contributed by atoms with Crippen molar-refractivity contribution in [3.05, 3.63) is 77.5 Å². The molecule has 2 aromatic carbocycles. The molecule has 0 aliphatic rings. The van der Waals surface area contributed by atoms with Gasteiger partial charge in [-0.2, -0.15) is 0 Å². The van der Waals surface area contributed by atoms with Crippen LogP contribution >= 0.6 is 0 Å². The second kappa shape index (κ2) is 5.75. The number of carbonyl (C=O) groups is 1. The number of nitrogens with zero attached hydrogens (tertiary/aromatic N) is 1. The molecule has 0 radical (unpaired) electrons. The highest BCUT2D eigenvalue weighted by molar-refractivity contribution is 5.91. The van der Waals surface area contributed by atoms with Gasteiger partial charge in [-0.05, 0) is 36.1 Å². The van der Waals surface area contributed by atoms with Crippen LogP contribution in [-0.4, -0.2) is 16.1 Å². The summed E-state index contributed by atoms with van der Waals surface area (Å²) in [5.74, 6) is -0.985. The number of fused-ring (bicyclic) bond motifs is 1. The predicted octanol–water partition coefficient (Wildman–Crippen LogP) is 3.72. The average molecular weight is 277 g/mol. The molecule has 0 aliphatic heterocycles. The molecular formula is C18H15NO2. The second-order valence-corrected chi connectivity index (χ2v) is 4.97. The van der Waals surface area contributed by atoms with E-state index in [1.807, 2.05) is 42.5 Å². The Morgan fingerprint density at radius 2 is 1.67 bits per heavy atom. The Bertz CT molecular complexity index is 782. The molecule has 3 nitrogen and oxygen atoms in total. The number of aryl methyl sites for hydroxylation is 2. The molecule has 0 atom stereocenters. The number of carboxylic acid groups (broad SMARTS) is 1. The Labute approximate surface area is 122 Å². The second-order valence-electron chi connectivity index (χ2n) is 4.97. The van der Waals surface area contributed by atoms with E-state index >= 15 is 0 Å². The number of aromatic nitrogens is 1. The highest BCUT2D eigenvalue weighted by Crippen LogP contribution is 2.20. The van der Waals surface area contributed by atoms with Crippen LogP contribution in [0.4, 0.5) is 0 Å². The van der Waals surface area contributed by atoms with Gasteiger partial charge in [0, 0.05) is 5.39 Å². The van der Waals surface area contributed by atoms with Gasteiger partial charge in [0.1, 0.15) is 5.69 Å². The van der Waals surface area contributed by atoms with E-state index in [1.54, 1.807) is 6.07 Å². The van der Waals surface area contributed by atoms with E-state index < -0.39 is 5.97 Å². The molecule has 0 aliphatic carbocycles. The molecule has 1 heterocycles. The minimum absolute atomic E-state index is 0.108. The summed E-state index contributed by atoms with van der Waals surface area (Å²) < 4.78 is 0. The summed E-state index contributed by atoms with van der Waals surface area (Å²) in [6, 6.07) is 19.6. The van der Waals surface area contributed by atoms with Crippen LogP contribution in [0.15, 0.2) is 60.7 Å². The van der Waals surface area contributed by atoms with E-state index in [2.05, 4.69) is 17.1 Å². The fraction of sp³-hybridized carbons (Fsp3) is 0.111. The summed E-state index contributed by atoms with van der Waals surface area (Å²) in [6.07, 6.45) is 1.68. The Morgan fingerprint density at radius 1 is 0.952 bits per heavy atom. The standard InChI is InChI=1S/C18H15NO2/c20-18(21)17-12-14(11-10-13-6-2-1-3-7-13)15-8-4-5-9-16(15)19-17/h1-9,12H,10-11H2,(H,20,21). The monoisotopic (exact) mass is 277 g/mol. The number of aromatic carboxylic acids is 1. The van der Waals surface area contributed by atoms with Crippen molar-refractivity contribution in [1.29, 1.82) is 0 Å². The number of para-hydroxylation sites is 1. The maximum absolute atomic E-state index is 11.2. The Balaban J connectivity index is 1.98. The van der Waals surface area contributed by atoms with Crippen LogP contribution in [0, 0.1) is 0 Å². The first-order valence-corrected chi connectivity index (χ1v) is 6.90. The Hall–Kier alpha value is -2.68. The average Bonchev–Trinajstić information content (AvgIpc) is 2.53. The van der Waals surface area contributed by atoms with Gasteiger partial charge in [-0.15, -0.1) is 0 Å². The molecule has 0 saturated carbocycles. The van der Waals surface area contributed by atoms with Crippen LogP contribution in [0.25, 0.3) is 10.9 Å². The summed E-state index contributed by atoms with van der Waals surface area (Å²) in [5, 5.41) is 10.2. The van der Waals surface area contributed by atoms with Gasteiger partial charge >= 0.3 is 5.97 Å². The van der Waals surface area contributed by atoms with Crippen LogP contribution in [0.5, 0.6) is 0 Å². The first-order valence-electron chi connectivity index (χ1n) is 6.90. The molecule has 0 unspecified atom stereocenters. The van der Waals surface area contributed by atoms with Crippen LogP contribution in [0.3, 0.4) is 0 Å². The predicted molar refractivity (Wildman–Crippen MR) is 82.6 cm³/mol. The Kier molecular flexibility index (Phi) is 3.65. The maximum Gasteiger partial charge on any atom is 0.354 e. The first-order chi connectivity index (χ1) is 10.2. The van der Waals surface area contributed by atoms with E-state index in [0.29, 0.717) is 0 Å². The van der Waals surface area contributed by atoms with E-state index in [4.69, 9.17) is 0 Å². The molecule has 3 rings (SSSR count). The summed E-state index contributed by atoms with van der Waals surface area (Å²) in [6.45, 7) is 0. The lowest BCUT2D eigenvalue weighted by Gasteiger charge is -2.08. The highest BCUT2D eigenvalue weighted by Gasteiger charge is 2.10. The Morgan fingerprint density at radius 3 is 2.43 bits per heavy atom. The van der Waals surface area contributed by atoms with Gasteiger partial charge in [0.2, 0.25) is 0 Å². The summed E-state index contributed by atoms with van der Waals surface area (Å²) >= 11 is 0. The normalized spacial score (nSPS) is 10.7. The zero-order valence-corrected chi connectivity index (χ0v) is 11.5. The minimum Gasteiger partial charge on any atom is -0.477 e. The molecule has 0 saturated heterocycles. The van der Waals surface area contributed by atoms with Crippen molar-refractivity contribution >= 4 is 16.9 Å². The van der Waals surface area contributed by atoms with Gasteiger partial charge < -0.3 is 5.11 Å². The van der Waals surface area contributed by atoms with Crippen molar-refractivity contribution in [2.45, 2.75) is 12.8 Å². The maximum atomic E-state index is 11.2. The third-order valence-corrected chi connectivity index (χ3v) is 3.55. The highest BCUT2D eigenvalue weighted by atomic mass is 16.4. The van der Waals surface area contributed by atoms with Crippen molar-refractivity contribution in [3.63, 3.8) is 0 Å². The fourth-order valence-electron chi connectivity index (χ4n) is 2.49. The van der Waals surface area contributed by atoms with Crippen molar-refractivity contribution in [1.82, 2.24) is 4.98 Å². The third kappa shape index (κ3) is 2.92. The molecule has 3 heteroatoms. The topological polar surface area (TPSA) is 50.2 Å². The number of benzene rings is 2. The number of pyridine rings is 1. The SMILES string of the molecule is O=C(O)c1cc(CCc2ccccc2)c2ccccc2n1. The van der Waals surface area contributed by atoms with Gasteiger partial charge in [-0.25, -0.2) is 9.78 Å². The zero-order chi connectivity index (χ0) is 14.7. The van der Waals surface area contributed by atoms with Crippen LogP contribution in [0.2, 0.25) is 0 Å². The lowest BCUT2D eigenvalue weighted by Crippen LogP contribution is -2.03.